The Hall–Kier alpha value is -2.47. The van der Waals surface area contributed by atoms with E-state index in [0.29, 0.717) is 6.61 Å². The Morgan fingerprint density at radius 1 is 1.33 bits per heavy atom. The SMILES string of the molecule is CCOC(=O)c1nn(-c2cccc(COC)c2)ccc1=O. The van der Waals surface area contributed by atoms with Gasteiger partial charge in [-0.25, -0.2) is 9.48 Å². The average Bonchev–Trinajstić information content (AvgIpc) is 2.48. The van der Waals surface area contributed by atoms with E-state index in [1.807, 2.05) is 24.3 Å². The van der Waals surface area contributed by atoms with Crippen LogP contribution in [0.1, 0.15) is 23.0 Å². The van der Waals surface area contributed by atoms with Crippen molar-refractivity contribution in [1.82, 2.24) is 9.78 Å². The summed E-state index contributed by atoms with van der Waals surface area (Å²) in [6.07, 6.45) is 1.51. The molecule has 2 rings (SSSR count). The first kappa shape index (κ1) is 14.9. The Morgan fingerprint density at radius 2 is 2.14 bits per heavy atom. The highest BCUT2D eigenvalue weighted by atomic mass is 16.5. The van der Waals surface area contributed by atoms with Gasteiger partial charge in [0.05, 0.1) is 18.9 Å². The quantitative estimate of drug-likeness (QED) is 0.781. The van der Waals surface area contributed by atoms with Crippen molar-refractivity contribution in [2.45, 2.75) is 13.5 Å². The van der Waals surface area contributed by atoms with Gasteiger partial charge < -0.3 is 9.47 Å². The van der Waals surface area contributed by atoms with Crippen molar-refractivity contribution in [3.63, 3.8) is 0 Å². The van der Waals surface area contributed by atoms with E-state index in [1.165, 1.54) is 16.9 Å². The Kier molecular flexibility index (Phi) is 4.84. The maximum Gasteiger partial charge on any atom is 0.362 e. The first-order valence-corrected chi connectivity index (χ1v) is 6.51. The largest absolute Gasteiger partial charge is 0.461 e. The van der Waals surface area contributed by atoms with Crippen LogP contribution in [-0.4, -0.2) is 29.5 Å². The van der Waals surface area contributed by atoms with Crippen molar-refractivity contribution in [2.75, 3.05) is 13.7 Å². The smallest absolute Gasteiger partial charge is 0.362 e. The molecule has 0 aliphatic carbocycles. The summed E-state index contributed by atoms with van der Waals surface area (Å²) in [5.41, 5.74) is 1.01. The molecule has 21 heavy (non-hydrogen) atoms. The van der Waals surface area contributed by atoms with Crippen LogP contribution in [0.5, 0.6) is 0 Å². The molecule has 0 saturated carbocycles. The van der Waals surface area contributed by atoms with Gasteiger partial charge in [0.1, 0.15) is 0 Å². The minimum absolute atomic E-state index is 0.193. The summed E-state index contributed by atoms with van der Waals surface area (Å²) in [5.74, 6) is -0.718. The Bertz CT molecular complexity index is 694. The van der Waals surface area contributed by atoms with E-state index >= 15 is 0 Å². The summed E-state index contributed by atoms with van der Waals surface area (Å²) in [4.78, 5) is 23.4. The summed E-state index contributed by atoms with van der Waals surface area (Å²) in [5, 5.41) is 4.05. The minimum atomic E-state index is -0.718. The lowest BCUT2D eigenvalue weighted by atomic mass is 10.2. The molecule has 0 unspecified atom stereocenters. The minimum Gasteiger partial charge on any atom is -0.461 e. The van der Waals surface area contributed by atoms with Crippen molar-refractivity contribution in [3.8, 4) is 5.69 Å². The number of aromatic nitrogens is 2. The number of methoxy groups -OCH3 is 1. The molecule has 0 bridgehead atoms. The zero-order valence-electron chi connectivity index (χ0n) is 11.9. The second-order valence-electron chi connectivity index (χ2n) is 4.30. The van der Waals surface area contributed by atoms with Gasteiger partial charge in [0.15, 0.2) is 0 Å². The predicted molar refractivity (Wildman–Crippen MR) is 76.5 cm³/mol. The summed E-state index contributed by atoms with van der Waals surface area (Å²) in [7, 11) is 1.61. The molecular weight excluding hydrogens is 272 g/mol. The van der Waals surface area contributed by atoms with Crippen molar-refractivity contribution in [3.05, 3.63) is 58.0 Å². The van der Waals surface area contributed by atoms with Crippen molar-refractivity contribution in [1.29, 1.82) is 0 Å². The molecule has 1 heterocycles. The summed E-state index contributed by atoms with van der Waals surface area (Å²) < 4.78 is 11.4. The number of carbonyl (C=O) groups excluding carboxylic acids is 1. The molecule has 0 aliphatic rings. The molecule has 0 N–H and O–H groups in total. The van der Waals surface area contributed by atoms with Gasteiger partial charge in [-0.15, -0.1) is 0 Å². The van der Waals surface area contributed by atoms with Gasteiger partial charge in [0, 0.05) is 19.4 Å². The van der Waals surface area contributed by atoms with Crippen LogP contribution in [0.15, 0.2) is 41.3 Å². The molecule has 0 atom stereocenters. The first-order chi connectivity index (χ1) is 10.2. The molecule has 0 fully saturated rings. The molecule has 1 aromatic heterocycles. The number of hydrogen-bond acceptors (Lipinski definition) is 5. The predicted octanol–water partition coefficient (Wildman–Crippen LogP) is 1.56. The summed E-state index contributed by atoms with van der Waals surface area (Å²) in [6.45, 7) is 2.34. The first-order valence-electron chi connectivity index (χ1n) is 6.51. The van der Waals surface area contributed by atoms with Crippen molar-refractivity contribution < 1.29 is 14.3 Å². The number of esters is 1. The Balaban J connectivity index is 2.41. The van der Waals surface area contributed by atoms with E-state index in [-0.39, 0.29) is 12.3 Å². The lowest BCUT2D eigenvalue weighted by Crippen LogP contribution is -2.22. The molecule has 0 radical (unpaired) electrons. The molecule has 2 aromatic rings. The van der Waals surface area contributed by atoms with Crippen LogP contribution >= 0.6 is 0 Å². The monoisotopic (exact) mass is 288 g/mol. The molecule has 6 heteroatoms. The molecule has 110 valence electrons. The number of nitrogens with zero attached hydrogens (tertiary/aromatic N) is 2. The van der Waals surface area contributed by atoms with Crippen LogP contribution < -0.4 is 5.43 Å². The molecule has 0 saturated heterocycles. The third-order valence-electron chi connectivity index (χ3n) is 2.76. The van der Waals surface area contributed by atoms with Crippen LogP contribution in [0.2, 0.25) is 0 Å². The molecular formula is C15H16N2O4. The molecule has 0 spiro atoms. The Morgan fingerprint density at radius 3 is 2.86 bits per heavy atom. The molecule has 6 nitrogen and oxygen atoms in total. The maximum atomic E-state index is 11.7. The topological polar surface area (TPSA) is 70.4 Å². The fourth-order valence-electron chi connectivity index (χ4n) is 1.85. The molecule has 0 aliphatic heterocycles. The second kappa shape index (κ2) is 6.81. The second-order valence-corrected chi connectivity index (χ2v) is 4.30. The van der Waals surface area contributed by atoms with Gasteiger partial charge in [-0.3, -0.25) is 4.79 Å². The zero-order chi connectivity index (χ0) is 15.2. The fourth-order valence-corrected chi connectivity index (χ4v) is 1.85. The normalized spacial score (nSPS) is 10.4. The van der Waals surface area contributed by atoms with E-state index in [0.717, 1.165) is 11.3 Å². The van der Waals surface area contributed by atoms with E-state index in [2.05, 4.69) is 5.10 Å². The average molecular weight is 288 g/mol. The van der Waals surface area contributed by atoms with Gasteiger partial charge in [-0.05, 0) is 24.6 Å². The van der Waals surface area contributed by atoms with Gasteiger partial charge in [0.25, 0.3) is 0 Å². The number of hydrogen-bond donors (Lipinski definition) is 0. The highest BCUT2D eigenvalue weighted by Crippen LogP contribution is 2.10. The highest BCUT2D eigenvalue weighted by Gasteiger charge is 2.14. The number of rotatable bonds is 5. The van der Waals surface area contributed by atoms with E-state index in [4.69, 9.17) is 9.47 Å². The van der Waals surface area contributed by atoms with Gasteiger partial charge in [-0.2, -0.15) is 5.10 Å². The van der Waals surface area contributed by atoms with Gasteiger partial charge in [0.2, 0.25) is 11.1 Å². The van der Waals surface area contributed by atoms with Crippen LogP contribution in [0, 0.1) is 0 Å². The third-order valence-corrected chi connectivity index (χ3v) is 2.76. The fraction of sp³-hybridized carbons (Fsp3) is 0.267. The van der Waals surface area contributed by atoms with Gasteiger partial charge >= 0.3 is 5.97 Å². The van der Waals surface area contributed by atoms with Crippen LogP contribution in [0.3, 0.4) is 0 Å². The standard InChI is InChI=1S/C15H16N2O4/c1-3-21-15(19)14-13(18)7-8-17(16-14)12-6-4-5-11(9-12)10-20-2/h4-9H,3,10H2,1-2H3. The Labute approximate surface area is 121 Å². The van der Waals surface area contributed by atoms with Crippen LogP contribution in [0.4, 0.5) is 0 Å². The van der Waals surface area contributed by atoms with Gasteiger partial charge in [-0.1, -0.05) is 12.1 Å². The lowest BCUT2D eigenvalue weighted by molar-refractivity contribution is 0.0515. The maximum absolute atomic E-state index is 11.7. The molecule has 0 amide bonds. The van der Waals surface area contributed by atoms with E-state index in [1.54, 1.807) is 14.0 Å². The lowest BCUT2D eigenvalue weighted by Gasteiger charge is -2.08. The van der Waals surface area contributed by atoms with Crippen molar-refractivity contribution in [2.24, 2.45) is 0 Å². The number of carbonyl (C=O) groups is 1. The number of ether oxygens (including phenoxy) is 2. The van der Waals surface area contributed by atoms with Crippen LogP contribution in [0.25, 0.3) is 5.69 Å². The summed E-state index contributed by atoms with van der Waals surface area (Å²) >= 11 is 0. The zero-order valence-corrected chi connectivity index (χ0v) is 11.9. The van der Waals surface area contributed by atoms with E-state index in [9.17, 15) is 9.59 Å². The molecule has 1 aromatic carbocycles. The van der Waals surface area contributed by atoms with E-state index < -0.39 is 11.4 Å². The number of benzene rings is 1. The third kappa shape index (κ3) is 3.55. The van der Waals surface area contributed by atoms with Crippen LogP contribution in [-0.2, 0) is 16.1 Å². The van der Waals surface area contributed by atoms with Crippen molar-refractivity contribution >= 4 is 5.97 Å². The highest BCUT2D eigenvalue weighted by molar-refractivity contribution is 5.86. The summed E-state index contributed by atoms with van der Waals surface area (Å²) in [6, 6.07) is 8.76.